The van der Waals surface area contributed by atoms with E-state index in [1.807, 2.05) is 0 Å². The molecule has 3 heteroatoms. The van der Waals surface area contributed by atoms with Crippen LogP contribution in [0.4, 0.5) is 0 Å². The Labute approximate surface area is 101 Å². The summed E-state index contributed by atoms with van der Waals surface area (Å²) >= 11 is 0. The molecule has 0 aliphatic rings. The average molecular weight is 231 g/mol. The van der Waals surface area contributed by atoms with Gasteiger partial charge in [-0.3, -0.25) is 0 Å². The van der Waals surface area contributed by atoms with Crippen LogP contribution in [0.5, 0.6) is 0 Å². The SMILES string of the molecule is CCCCCCOCC(O)CNC(C)(C)C. The van der Waals surface area contributed by atoms with Gasteiger partial charge in [-0.1, -0.05) is 26.2 Å². The summed E-state index contributed by atoms with van der Waals surface area (Å²) < 4.78 is 5.42. The number of aliphatic hydroxyl groups excluding tert-OH is 1. The Morgan fingerprint density at radius 3 is 2.44 bits per heavy atom. The van der Waals surface area contributed by atoms with Gasteiger partial charge >= 0.3 is 0 Å². The lowest BCUT2D eigenvalue weighted by molar-refractivity contribution is 0.0326. The molecule has 0 saturated carbocycles. The van der Waals surface area contributed by atoms with Crippen molar-refractivity contribution in [3.05, 3.63) is 0 Å². The first-order chi connectivity index (χ1) is 7.45. The molecule has 0 aromatic rings. The van der Waals surface area contributed by atoms with Gasteiger partial charge in [0, 0.05) is 18.7 Å². The lowest BCUT2D eigenvalue weighted by atomic mass is 10.1. The second-order valence-corrected chi connectivity index (χ2v) is 5.42. The monoisotopic (exact) mass is 231 g/mol. The Morgan fingerprint density at radius 1 is 1.19 bits per heavy atom. The second kappa shape index (κ2) is 8.97. The summed E-state index contributed by atoms with van der Waals surface area (Å²) in [4.78, 5) is 0. The van der Waals surface area contributed by atoms with Gasteiger partial charge in [-0.25, -0.2) is 0 Å². The third-order valence-electron chi connectivity index (χ3n) is 2.32. The fourth-order valence-electron chi connectivity index (χ4n) is 1.33. The zero-order valence-electron chi connectivity index (χ0n) is 11.4. The molecule has 0 aromatic carbocycles. The highest BCUT2D eigenvalue weighted by Crippen LogP contribution is 2.00. The van der Waals surface area contributed by atoms with Crippen LogP contribution in [-0.2, 0) is 4.74 Å². The van der Waals surface area contributed by atoms with Crippen LogP contribution in [0.2, 0.25) is 0 Å². The molecule has 98 valence electrons. The highest BCUT2D eigenvalue weighted by Gasteiger charge is 2.11. The van der Waals surface area contributed by atoms with Gasteiger partial charge in [-0.05, 0) is 27.2 Å². The van der Waals surface area contributed by atoms with E-state index in [0.29, 0.717) is 13.2 Å². The molecule has 16 heavy (non-hydrogen) atoms. The maximum atomic E-state index is 9.63. The van der Waals surface area contributed by atoms with E-state index in [4.69, 9.17) is 4.74 Å². The van der Waals surface area contributed by atoms with Crippen LogP contribution in [0.15, 0.2) is 0 Å². The number of β-amino-alcohol motifs (C(OH)–C–C–N with tert-alkyl or cyclic N) is 1. The molecule has 0 aromatic heterocycles. The second-order valence-electron chi connectivity index (χ2n) is 5.42. The van der Waals surface area contributed by atoms with Crippen molar-refractivity contribution in [2.75, 3.05) is 19.8 Å². The smallest absolute Gasteiger partial charge is 0.0897 e. The molecule has 1 atom stereocenters. The highest BCUT2D eigenvalue weighted by molar-refractivity contribution is 4.72. The minimum atomic E-state index is -0.398. The van der Waals surface area contributed by atoms with E-state index in [1.165, 1.54) is 19.3 Å². The highest BCUT2D eigenvalue weighted by atomic mass is 16.5. The van der Waals surface area contributed by atoms with Gasteiger partial charge in [-0.15, -0.1) is 0 Å². The van der Waals surface area contributed by atoms with Crippen LogP contribution in [0.3, 0.4) is 0 Å². The Morgan fingerprint density at radius 2 is 1.88 bits per heavy atom. The maximum absolute atomic E-state index is 9.63. The minimum absolute atomic E-state index is 0.0576. The van der Waals surface area contributed by atoms with Crippen LogP contribution in [-0.4, -0.2) is 36.5 Å². The molecule has 2 N–H and O–H groups in total. The number of unbranched alkanes of at least 4 members (excludes halogenated alkanes) is 3. The number of rotatable bonds is 9. The maximum Gasteiger partial charge on any atom is 0.0897 e. The minimum Gasteiger partial charge on any atom is -0.389 e. The van der Waals surface area contributed by atoms with Crippen LogP contribution in [0, 0.1) is 0 Å². The van der Waals surface area contributed by atoms with E-state index in [0.717, 1.165) is 13.0 Å². The zero-order chi connectivity index (χ0) is 12.4. The van der Waals surface area contributed by atoms with Crippen molar-refractivity contribution in [2.45, 2.75) is 65.0 Å². The molecule has 0 aliphatic carbocycles. The summed E-state index contributed by atoms with van der Waals surface area (Å²) in [5, 5.41) is 12.9. The molecule has 0 fully saturated rings. The van der Waals surface area contributed by atoms with Crippen LogP contribution in [0.1, 0.15) is 53.4 Å². The Bertz CT molecular complexity index is 155. The fourth-order valence-corrected chi connectivity index (χ4v) is 1.33. The number of ether oxygens (including phenoxy) is 1. The molecule has 0 bridgehead atoms. The normalized spacial score (nSPS) is 14.1. The molecule has 1 unspecified atom stereocenters. The van der Waals surface area contributed by atoms with Gasteiger partial charge in [0.15, 0.2) is 0 Å². The standard InChI is InChI=1S/C13H29NO2/c1-5-6-7-8-9-16-11-12(15)10-14-13(2,3)4/h12,14-15H,5-11H2,1-4H3. The molecule has 0 spiro atoms. The van der Waals surface area contributed by atoms with Crippen LogP contribution < -0.4 is 5.32 Å². The first-order valence-corrected chi connectivity index (χ1v) is 6.46. The molecule has 3 nitrogen and oxygen atoms in total. The summed E-state index contributed by atoms with van der Waals surface area (Å²) in [5.74, 6) is 0. The molecule has 0 rings (SSSR count). The number of hydrogen-bond donors (Lipinski definition) is 2. The van der Waals surface area contributed by atoms with Crippen molar-refractivity contribution in [3.8, 4) is 0 Å². The molecular formula is C13H29NO2. The van der Waals surface area contributed by atoms with Crippen molar-refractivity contribution in [2.24, 2.45) is 0 Å². The van der Waals surface area contributed by atoms with E-state index < -0.39 is 6.10 Å². The van der Waals surface area contributed by atoms with Gasteiger partial charge < -0.3 is 15.2 Å². The van der Waals surface area contributed by atoms with Crippen molar-refractivity contribution in [1.82, 2.24) is 5.32 Å². The predicted molar refractivity (Wildman–Crippen MR) is 68.7 cm³/mol. The van der Waals surface area contributed by atoms with E-state index >= 15 is 0 Å². The van der Waals surface area contributed by atoms with E-state index in [-0.39, 0.29) is 5.54 Å². The van der Waals surface area contributed by atoms with Gasteiger partial charge in [0.25, 0.3) is 0 Å². The lowest BCUT2D eigenvalue weighted by Gasteiger charge is -2.22. The summed E-state index contributed by atoms with van der Waals surface area (Å²) in [6.45, 7) is 10.3. The van der Waals surface area contributed by atoms with E-state index in [2.05, 4.69) is 33.0 Å². The molecule has 0 heterocycles. The lowest BCUT2D eigenvalue weighted by Crippen LogP contribution is -2.42. The topological polar surface area (TPSA) is 41.5 Å². The Hall–Kier alpha value is -0.120. The number of nitrogens with one attached hydrogen (secondary N) is 1. The van der Waals surface area contributed by atoms with Crippen LogP contribution >= 0.6 is 0 Å². The van der Waals surface area contributed by atoms with Crippen molar-refractivity contribution >= 4 is 0 Å². The van der Waals surface area contributed by atoms with E-state index in [9.17, 15) is 5.11 Å². The average Bonchev–Trinajstić information content (AvgIpc) is 2.19. The molecular weight excluding hydrogens is 202 g/mol. The van der Waals surface area contributed by atoms with Gasteiger partial charge in [0.2, 0.25) is 0 Å². The van der Waals surface area contributed by atoms with Gasteiger partial charge in [-0.2, -0.15) is 0 Å². The third kappa shape index (κ3) is 12.0. The largest absolute Gasteiger partial charge is 0.389 e. The molecule has 0 saturated heterocycles. The van der Waals surface area contributed by atoms with E-state index in [1.54, 1.807) is 0 Å². The summed E-state index contributed by atoms with van der Waals surface area (Å²) in [5.41, 5.74) is 0.0576. The fraction of sp³-hybridized carbons (Fsp3) is 1.00. The van der Waals surface area contributed by atoms with Gasteiger partial charge in [0.1, 0.15) is 0 Å². The number of hydrogen-bond acceptors (Lipinski definition) is 3. The Balaban J connectivity index is 3.27. The molecule has 0 amide bonds. The first kappa shape index (κ1) is 15.9. The van der Waals surface area contributed by atoms with Crippen molar-refractivity contribution in [1.29, 1.82) is 0 Å². The molecule has 0 radical (unpaired) electrons. The molecule has 0 aliphatic heterocycles. The predicted octanol–water partition coefficient (Wildman–Crippen LogP) is 2.33. The zero-order valence-corrected chi connectivity index (χ0v) is 11.4. The Kier molecular flexibility index (Phi) is 8.90. The summed E-state index contributed by atoms with van der Waals surface area (Å²) in [6, 6.07) is 0. The quantitative estimate of drug-likeness (QED) is 0.598. The van der Waals surface area contributed by atoms with Crippen LogP contribution in [0.25, 0.3) is 0 Å². The third-order valence-corrected chi connectivity index (χ3v) is 2.32. The summed E-state index contributed by atoms with van der Waals surface area (Å²) in [7, 11) is 0. The summed E-state index contributed by atoms with van der Waals surface area (Å²) in [6.07, 6.45) is 4.46. The van der Waals surface area contributed by atoms with Crippen molar-refractivity contribution < 1.29 is 9.84 Å². The van der Waals surface area contributed by atoms with Gasteiger partial charge in [0.05, 0.1) is 12.7 Å². The van der Waals surface area contributed by atoms with Crippen molar-refractivity contribution in [3.63, 3.8) is 0 Å². The first-order valence-electron chi connectivity index (χ1n) is 6.46. The number of aliphatic hydroxyl groups is 1.